The molecule has 0 N–H and O–H groups in total. The summed E-state index contributed by atoms with van der Waals surface area (Å²) in [6.07, 6.45) is 2.02. The maximum atomic E-state index is 9.50. The van der Waals surface area contributed by atoms with Crippen molar-refractivity contribution in [2.45, 2.75) is 26.2 Å². The zero-order chi connectivity index (χ0) is 9.98. The van der Waals surface area contributed by atoms with E-state index >= 15 is 0 Å². The van der Waals surface area contributed by atoms with E-state index in [1.54, 1.807) is 0 Å². The summed E-state index contributed by atoms with van der Waals surface area (Å²) in [6, 6.07) is 0. The highest BCUT2D eigenvalue weighted by molar-refractivity contribution is 5.72. The third kappa shape index (κ3) is 23.4. The van der Waals surface area contributed by atoms with E-state index < -0.39 is 24.8 Å². The highest BCUT2D eigenvalue weighted by Gasteiger charge is 1.85. The van der Waals surface area contributed by atoms with Crippen molar-refractivity contribution in [1.29, 1.82) is 0 Å². The maximum absolute atomic E-state index is 9.50. The molecule has 0 bridgehead atoms. The van der Waals surface area contributed by atoms with Gasteiger partial charge >= 0.3 is 0 Å². The SMILES string of the molecule is C=CCC.O=C([O-])CCC(=O)[O-]. The van der Waals surface area contributed by atoms with Crippen molar-refractivity contribution in [2.75, 3.05) is 0 Å². The first-order valence-electron chi connectivity index (χ1n) is 3.55. The van der Waals surface area contributed by atoms with Crippen molar-refractivity contribution in [2.24, 2.45) is 0 Å². The fourth-order valence-corrected chi connectivity index (χ4v) is 0.204. The lowest BCUT2D eigenvalue weighted by Crippen LogP contribution is -2.27. The number of aliphatic carboxylic acids is 2. The number of carboxylic acid groups (broad SMARTS) is 2. The monoisotopic (exact) mass is 172 g/mol. The molecule has 0 unspecified atom stereocenters. The first kappa shape index (κ1) is 13.3. The van der Waals surface area contributed by atoms with Gasteiger partial charge in [0.15, 0.2) is 0 Å². The van der Waals surface area contributed by atoms with E-state index in [9.17, 15) is 19.8 Å². The van der Waals surface area contributed by atoms with E-state index in [0.717, 1.165) is 6.42 Å². The number of rotatable bonds is 4. The molecule has 0 saturated heterocycles. The summed E-state index contributed by atoms with van der Waals surface area (Å²) in [7, 11) is 0. The van der Waals surface area contributed by atoms with E-state index in [-0.39, 0.29) is 0 Å². The molecule has 12 heavy (non-hydrogen) atoms. The number of carbonyl (C=O) groups excluding carboxylic acids is 2. The Kier molecular flexibility index (Phi) is 10.7. The Morgan fingerprint density at radius 2 is 1.50 bits per heavy atom. The van der Waals surface area contributed by atoms with Crippen LogP contribution in [0.2, 0.25) is 0 Å². The quantitative estimate of drug-likeness (QED) is 0.501. The Morgan fingerprint density at radius 1 is 1.25 bits per heavy atom. The molecule has 0 rings (SSSR count). The predicted octanol–water partition coefficient (Wildman–Crippen LogP) is -1.15. The van der Waals surface area contributed by atoms with Gasteiger partial charge in [0.2, 0.25) is 0 Å². The van der Waals surface area contributed by atoms with Crippen LogP contribution in [0.5, 0.6) is 0 Å². The van der Waals surface area contributed by atoms with Crippen molar-refractivity contribution in [3.63, 3.8) is 0 Å². The van der Waals surface area contributed by atoms with Gasteiger partial charge in [0, 0.05) is 11.9 Å². The van der Waals surface area contributed by atoms with Crippen LogP contribution in [0.25, 0.3) is 0 Å². The molecule has 70 valence electrons. The molecule has 0 aromatic carbocycles. The van der Waals surface area contributed by atoms with Crippen molar-refractivity contribution in [3.8, 4) is 0 Å². The van der Waals surface area contributed by atoms with Crippen LogP contribution in [-0.4, -0.2) is 11.9 Å². The van der Waals surface area contributed by atoms with Crippen LogP contribution in [-0.2, 0) is 9.59 Å². The smallest absolute Gasteiger partial charge is 0.0418 e. The predicted molar refractivity (Wildman–Crippen MR) is 39.7 cm³/mol. The molecule has 0 fully saturated rings. The number of carboxylic acids is 2. The summed E-state index contributed by atoms with van der Waals surface area (Å²) in [6.45, 7) is 5.54. The first-order chi connectivity index (χ1) is 5.54. The van der Waals surface area contributed by atoms with Gasteiger partial charge in [-0.05, 0) is 19.3 Å². The van der Waals surface area contributed by atoms with Gasteiger partial charge in [-0.1, -0.05) is 13.0 Å². The average molecular weight is 172 g/mol. The van der Waals surface area contributed by atoms with E-state index in [1.165, 1.54) is 0 Å². The molecule has 0 aliphatic carbocycles. The highest BCUT2D eigenvalue weighted by atomic mass is 16.4. The van der Waals surface area contributed by atoms with Gasteiger partial charge in [0.25, 0.3) is 0 Å². The van der Waals surface area contributed by atoms with Crippen LogP contribution in [0, 0.1) is 0 Å². The molecule has 0 atom stereocenters. The number of carbonyl (C=O) groups is 2. The van der Waals surface area contributed by atoms with Crippen LogP contribution in [0.3, 0.4) is 0 Å². The van der Waals surface area contributed by atoms with Crippen molar-refractivity contribution in [3.05, 3.63) is 12.7 Å². The Labute approximate surface area is 71.5 Å². The van der Waals surface area contributed by atoms with Gasteiger partial charge in [0.05, 0.1) is 0 Å². The van der Waals surface area contributed by atoms with Gasteiger partial charge < -0.3 is 19.8 Å². The van der Waals surface area contributed by atoms with E-state index in [4.69, 9.17) is 0 Å². The third-order valence-electron chi connectivity index (χ3n) is 0.822. The second-order valence-electron chi connectivity index (χ2n) is 1.94. The van der Waals surface area contributed by atoms with Crippen LogP contribution in [0.15, 0.2) is 12.7 Å². The minimum Gasteiger partial charge on any atom is -0.550 e. The molecule has 0 spiro atoms. The molecule has 0 heterocycles. The molecule has 4 nitrogen and oxygen atoms in total. The standard InChI is InChI=1S/C4H6O4.C4H8/c5-3(6)1-2-4(7)8;1-3-4-2/h1-2H2,(H,5,6)(H,7,8);3H,1,4H2,2H3/p-2. The van der Waals surface area contributed by atoms with Gasteiger partial charge in [-0.25, -0.2) is 0 Å². The van der Waals surface area contributed by atoms with Crippen molar-refractivity contribution < 1.29 is 19.8 Å². The molecular formula is C8H12O4-2. The van der Waals surface area contributed by atoms with E-state index in [2.05, 4.69) is 13.5 Å². The highest BCUT2D eigenvalue weighted by Crippen LogP contribution is 1.81. The van der Waals surface area contributed by atoms with Gasteiger partial charge in [-0.3, -0.25) is 0 Å². The van der Waals surface area contributed by atoms with Crippen LogP contribution < -0.4 is 10.2 Å². The Balaban J connectivity index is 0. The van der Waals surface area contributed by atoms with Crippen molar-refractivity contribution in [1.82, 2.24) is 0 Å². The first-order valence-corrected chi connectivity index (χ1v) is 3.55. The lowest BCUT2D eigenvalue weighted by atomic mass is 10.3. The Bertz CT molecular complexity index is 137. The van der Waals surface area contributed by atoms with Gasteiger partial charge in [0.1, 0.15) is 0 Å². The summed E-state index contributed by atoms with van der Waals surface area (Å²) < 4.78 is 0. The second kappa shape index (κ2) is 9.68. The van der Waals surface area contributed by atoms with Gasteiger partial charge in [-0.2, -0.15) is 0 Å². The average Bonchev–Trinajstić information content (AvgIpc) is 2.01. The van der Waals surface area contributed by atoms with Crippen LogP contribution >= 0.6 is 0 Å². The molecular weight excluding hydrogens is 160 g/mol. The molecule has 0 aliphatic rings. The summed E-state index contributed by atoms with van der Waals surface area (Å²) in [4.78, 5) is 19.0. The molecule has 4 heteroatoms. The molecule has 0 aromatic rings. The minimum atomic E-state index is -1.37. The van der Waals surface area contributed by atoms with Gasteiger partial charge in [-0.15, -0.1) is 6.58 Å². The van der Waals surface area contributed by atoms with E-state index in [0.29, 0.717) is 0 Å². The fraction of sp³-hybridized carbons (Fsp3) is 0.500. The lowest BCUT2D eigenvalue weighted by molar-refractivity contribution is -0.315. The van der Waals surface area contributed by atoms with E-state index in [1.807, 2.05) is 6.08 Å². The summed E-state index contributed by atoms with van der Waals surface area (Å²) >= 11 is 0. The topological polar surface area (TPSA) is 80.3 Å². The fourth-order valence-electron chi connectivity index (χ4n) is 0.204. The summed E-state index contributed by atoms with van der Waals surface area (Å²) in [5.74, 6) is -2.73. The summed E-state index contributed by atoms with van der Waals surface area (Å²) in [5.41, 5.74) is 0. The molecule has 0 saturated carbocycles. The lowest BCUT2D eigenvalue weighted by Gasteiger charge is -2.00. The van der Waals surface area contributed by atoms with Crippen molar-refractivity contribution >= 4 is 11.9 Å². The largest absolute Gasteiger partial charge is 0.550 e. The zero-order valence-electron chi connectivity index (χ0n) is 7.04. The van der Waals surface area contributed by atoms with Crippen LogP contribution in [0.1, 0.15) is 26.2 Å². The maximum Gasteiger partial charge on any atom is 0.0418 e. The molecule has 0 radical (unpaired) electrons. The second-order valence-corrected chi connectivity index (χ2v) is 1.94. The summed E-state index contributed by atoms with van der Waals surface area (Å²) in [5, 5.41) is 19.0. The Morgan fingerprint density at radius 3 is 1.58 bits per heavy atom. The number of hydrogen-bond acceptors (Lipinski definition) is 4. The number of allylic oxidation sites excluding steroid dienone is 1. The third-order valence-corrected chi connectivity index (χ3v) is 0.822. The number of hydrogen-bond donors (Lipinski definition) is 0. The molecule has 0 aliphatic heterocycles. The normalized spacial score (nSPS) is 7.75. The minimum absolute atomic E-state index is 0.470. The van der Waals surface area contributed by atoms with Crippen LogP contribution in [0.4, 0.5) is 0 Å². The zero-order valence-corrected chi connectivity index (χ0v) is 7.04. The molecule has 0 amide bonds. The Hall–Kier alpha value is -1.32. The molecule has 0 aromatic heterocycles.